The summed E-state index contributed by atoms with van der Waals surface area (Å²) >= 11 is 0. The predicted octanol–water partition coefficient (Wildman–Crippen LogP) is 5.69. The van der Waals surface area contributed by atoms with Crippen molar-refractivity contribution in [2.45, 2.75) is 18.8 Å². The Kier molecular flexibility index (Phi) is 7.53. The second-order valence-corrected chi connectivity index (χ2v) is 6.80. The lowest BCUT2D eigenvalue weighted by Gasteiger charge is -2.16. The van der Waals surface area contributed by atoms with Gasteiger partial charge in [0, 0.05) is 17.9 Å². The lowest BCUT2D eigenvalue weighted by atomic mass is 9.89. The average Bonchev–Trinajstić information content (AvgIpc) is 2.78. The number of esters is 1. The number of ketones is 1. The van der Waals surface area contributed by atoms with Crippen LogP contribution in [0.5, 0.6) is 0 Å². The quantitative estimate of drug-likeness (QED) is 0.352. The summed E-state index contributed by atoms with van der Waals surface area (Å²) in [6.45, 7) is 0.210. The molecule has 0 N–H and O–H groups in total. The molecule has 3 rings (SSSR count). The first-order valence-corrected chi connectivity index (χ1v) is 9.73. The summed E-state index contributed by atoms with van der Waals surface area (Å²) in [4.78, 5) is 25.1. The van der Waals surface area contributed by atoms with E-state index >= 15 is 0 Å². The van der Waals surface area contributed by atoms with Gasteiger partial charge in [0.05, 0.1) is 6.42 Å². The van der Waals surface area contributed by atoms with E-state index in [0.717, 1.165) is 11.1 Å². The molecule has 1 atom stereocenters. The van der Waals surface area contributed by atoms with Crippen LogP contribution in [0.4, 0.5) is 0 Å². The van der Waals surface area contributed by atoms with Crippen LogP contribution in [0, 0.1) is 0 Å². The number of benzene rings is 3. The Hall–Kier alpha value is -3.46. The van der Waals surface area contributed by atoms with E-state index in [9.17, 15) is 9.59 Å². The topological polar surface area (TPSA) is 43.4 Å². The molecule has 0 aliphatic rings. The summed E-state index contributed by atoms with van der Waals surface area (Å²) in [7, 11) is 0. The lowest BCUT2D eigenvalue weighted by molar-refractivity contribution is -0.142. The zero-order valence-electron chi connectivity index (χ0n) is 16.2. The summed E-state index contributed by atoms with van der Waals surface area (Å²) in [6, 6.07) is 28.7. The van der Waals surface area contributed by atoms with E-state index in [1.807, 2.05) is 91.0 Å². The number of ether oxygens (including phenoxy) is 1. The van der Waals surface area contributed by atoms with Crippen LogP contribution in [0.2, 0.25) is 0 Å². The van der Waals surface area contributed by atoms with Crippen LogP contribution >= 0.6 is 0 Å². The fraction of sp³-hybridized carbons (Fsp3) is 0.154. The third kappa shape index (κ3) is 6.58. The van der Waals surface area contributed by atoms with Gasteiger partial charge >= 0.3 is 5.97 Å². The smallest absolute Gasteiger partial charge is 0.306 e. The first kappa shape index (κ1) is 20.3. The monoisotopic (exact) mass is 384 g/mol. The van der Waals surface area contributed by atoms with Crippen LogP contribution in [0.3, 0.4) is 0 Å². The first-order valence-electron chi connectivity index (χ1n) is 9.73. The van der Waals surface area contributed by atoms with Gasteiger partial charge in [0.2, 0.25) is 0 Å². The largest absolute Gasteiger partial charge is 0.461 e. The van der Waals surface area contributed by atoms with Crippen molar-refractivity contribution in [2.24, 2.45) is 0 Å². The average molecular weight is 384 g/mol. The molecular weight excluding hydrogens is 360 g/mol. The van der Waals surface area contributed by atoms with Crippen molar-refractivity contribution in [3.63, 3.8) is 0 Å². The zero-order valence-corrected chi connectivity index (χ0v) is 16.2. The summed E-state index contributed by atoms with van der Waals surface area (Å²) in [6.07, 6.45) is 4.17. The van der Waals surface area contributed by atoms with Gasteiger partial charge in [0.15, 0.2) is 5.78 Å². The molecule has 0 heterocycles. The van der Waals surface area contributed by atoms with Gasteiger partial charge < -0.3 is 4.74 Å². The predicted molar refractivity (Wildman–Crippen MR) is 116 cm³/mol. The van der Waals surface area contributed by atoms with Crippen molar-refractivity contribution >= 4 is 17.8 Å². The van der Waals surface area contributed by atoms with Crippen molar-refractivity contribution in [2.75, 3.05) is 6.61 Å². The third-order valence-electron chi connectivity index (χ3n) is 4.66. The van der Waals surface area contributed by atoms with Crippen molar-refractivity contribution < 1.29 is 14.3 Å². The van der Waals surface area contributed by atoms with Crippen LogP contribution in [-0.2, 0) is 9.53 Å². The fourth-order valence-corrected chi connectivity index (χ4v) is 3.15. The maximum atomic E-state index is 12.7. The molecule has 0 radical (unpaired) electrons. The highest BCUT2D eigenvalue weighted by Gasteiger charge is 2.21. The van der Waals surface area contributed by atoms with E-state index < -0.39 is 0 Å². The van der Waals surface area contributed by atoms with Gasteiger partial charge in [0.25, 0.3) is 0 Å². The molecule has 0 saturated heterocycles. The second-order valence-electron chi connectivity index (χ2n) is 6.80. The molecule has 0 aliphatic carbocycles. The van der Waals surface area contributed by atoms with Crippen molar-refractivity contribution in [1.29, 1.82) is 0 Å². The van der Waals surface area contributed by atoms with Gasteiger partial charge in [-0.15, -0.1) is 0 Å². The Morgan fingerprint density at radius 3 is 2.00 bits per heavy atom. The molecular formula is C26H24O3. The lowest BCUT2D eigenvalue weighted by Crippen LogP contribution is -2.14. The zero-order chi connectivity index (χ0) is 20.3. The SMILES string of the molecule is O=C(CC(CC(=O)c1ccccc1)c1ccccc1)OC/C=C/c1ccccc1. The van der Waals surface area contributed by atoms with Crippen LogP contribution in [0.15, 0.2) is 97.1 Å². The highest BCUT2D eigenvalue weighted by Crippen LogP contribution is 2.26. The van der Waals surface area contributed by atoms with Crippen molar-refractivity contribution in [1.82, 2.24) is 0 Å². The van der Waals surface area contributed by atoms with E-state index in [4.69, 9.17) is 4.74 Å². The molecule has 0 aliphatic heterocycles. The molecule has 3 heteroatoms. The minimum atomic E-state index is -0.308. The Morgan fingerprint density at radius 2 is 1.34 bits per heavy atom. The number of rotatable bonds is 9. The van der Waals surface area contributed by atoms with Crippen LogP contribution in [-0.4, -0.2) is 18.4 Å². The second kappa shape index (κ2) is 10.8. The van der Waals surface area contributed by atoms with Crippen LogP contribution in [0.1, 0.15) is 40.2 Å². The molecule has 3 nitrogen and oxygen atoms in total. The normalized spacial score (nSPS) is 11.9. The van der Waals surface area contributed by atoms with Crippen LogP contribution in [0.25, 0.3) is 6.08 Å². The van der Waals surface area contributed by atoms with E-state index in [-0.39, 0.29) is 37.1 Å². The Bertz CT molecular complexity index is 931. The van der Waals surface area contributed by atoms with E-state index in [1.54, 1.807) is 12.1 Å². The Balaban J connectivity index is 1.60. The van der Waals surface area contributed by atoms with E-state index in [2.05, 4.69) is 0 Å². The van der Waals surface area contributed by atoms with Crippen molar-refractivity contribution in [3.8, 4) is 0 Å². The Morgan fingerprint density at radius 1 is 0.759 bits per heavy atom. The molecule has 0 amide bonds. The maximum absolute atomic E-state index is 12.7. The van der Waals surface area contributed by atoms with Gasteiger partial charge in [-0.05, 0) is 17.2 Å². The molecule has 1 unspecified atom stereocenters. The molecule has 0 spiro atoms. The van der Waals surface area contributed by atoms with Gasteiger partial charge in [-0.25, -0.2) is 0 Å². The molecule has 0 fully saturated rings. The third-order valence-corrected chi connectivity index (χ3v) is 4.66. The number of carbonyl (C=O) groups is 2. The molecule has 0 aromatic heterocycles. The standard InChI is InChI=1S/C26H24O3/c27-25(23-16-8-3-9-17-23)19-24(22-14-6-2-7-15-22)20-26(28)29-18-10-13-21-11-4-1-5-12-21/h1-17,24H,18-20H2/b13-10+. The van der Waals surface area contributed by atoms with Crippen LogP contribution < -0.4 is 0 Å². The molecule has 0 bridgehead atoms. The van der Waals surface area contributed by atoms with E-state index in [1.165, 1.54) is 0 Å². The summed E-state index contributed by atoms with van der Waals surface area (Å²) in [5.74, 6) is -0.497. The van der Waals surface area contributed by atoms with E-state index in [0.29, 0.717) is 5.56 Å². The molecule has 3 aromatic rings. The first-order chi connectivity index (χ1) is 14.2. The molecule has 29 heavy (non-hydrogen) atoms. The fourth-order valence-electron chi connectivity index (χ4n) is 3.15. The number of Topliss-reactive ketones (excluding diaryl/α,β-unsaturated/α-hetero) is 1. The van der Waals surface area contributed by atoms with Gasteiger partial charge in [-0.1, -0.05) is 97.1 Å². The number of hydrogen-bond acceptors (Lipinski definition) is 3. The Labute approximate surface area is 171 Å². The molecule has 146 valence electrons. The minimum absolute atomic E-state index is 0.0243. The summed E-state index contributed by atoms with van der Waals surface area (Å²) in [5.41, 5.74) is 2.68. The maximum Gasteiger partial charge on any atom is 0.306 e. The number of hydrogen-bond donors (Lipinski definition) is 0. The van der Waals surface area contributed by atoms with Gasteiger partial charge in [-0.2, -0.15) is 0 Å². The minimum Gasteiger partial charge on any atom is -0.461 e. The molecule has 0 saturated carbocycles. The van der Waals surface area contributed by atoms with Gasteiger partial charge in [0.1, 0.15) is 6.61 Å². The number of carbonyl (C=O) groups excluding carboxylic acids is 2. The summed E-state index contributed by atoms with van der Waals surface area (Å²) in [5, 5.41) is 0. The highest BCUT2D eigenvalue weighted by molar-refractivity contribution is 5.96. The molecule has 3 aromatic carbocycles. The summed E-state index contributed by atoms with van der Waals surface area (Å²) < 4.78 is 5.37. The van der Waals surface area contributed by atoms with Crippen molar-refractivity contribution in [3.05, 3.63) is 114 Å². The van der Waals surface area contributed by atoms with Gasteiger partial charge in [-0.3, -0.25) is 9.59 Å². The highest BCUT2D eigenvalue weighted by atomic mass is 16.5.